The van der Waals surface area contributed by atoms with E-state index in [0.717, 1.165) is 70.9 Å². The Labute approximate surface area is 197 Å². The van der Waals surface area contributed by atoms with E-state index < -0.39 is 5.72 Å². The molecular weight excluding hydrogens is 416 g/mol. The topological polar surface area (TPSA) is 72.3 Å². The van der Waals surface area contributed by atoms with Gasteiger partial charge in [0.2, 0.25) is 0 Å². The molecule has 2 aliphatic heterocycles. The summed E-state index contributed by atoms with van der Waals surface area (Å²) in [5.41, 5.74) is 1.81. The molecule has 2 fully saturated rings. The van der Waals surface area contributed by atoms with Gasteiger partial charge in [-0.2, -0.15) is 0 Å². The van der Waals surface area contributed by atoms with Gasteiger partial charge in [0, 0.05) is 57.6 Å². The van der Waals surface area contributed by atoms with Gasteiger partial charge in [0.15, 0.2) is 0 Å². The number of pyridine rings is 1. The normalized spacial score (nSPS) is 21.1. The van der Waals surface area contributed by atoms with E-state index >= 15 is 0 Å². The third-order valence-corrected chi connectivity index (χ3v) is 7.22. The molecule has 1 atom stereocenters. The van der Waals surface area contributed by atoms with Crippen LogP contribution < -0.4 is 4.74 Å². The van der Waals surface area contributed by atoms with Crippen molar-refractivity contribution in [2.24, 2.45) is 5.92 Å². The minimum atomic E-state index is -0.749. The van der Waals surface area contributed by atoms with E-state index in [0.29, 0.717) is 12.5 Å². The molecule has 0 saturated carbocycles. The van der Waals surface area contributed by atoms with Crippen LogP contribution in [0.1, 0.15) is 30.9 Å². The summed E-state index contributed by atoms with van der Waals surface area (Å²) in [7, 11) is 0. The number of aromatic nitrogens is 1. The number of piperidine rings is 1. The van der Waals surface area contributed by atoms with Gasteiger partial charge in [-0.05, 0) is 68.2 Å². The van der Waals surface area contributed by atoms with Crippen molar-refractivity contribution in [2.75, 3.05) is 52.5 Å². The predicted molar refractivity (Wildman–Crippen MR) is 129 cm³/mol. The third-order valence-electron chi connectivity index (χ3n) is 7.22. The smallest absolute Gasteiger partial charge is 0.119 e. The van der Waals surface area contributed by atoms with Crippen molar-refractivity contribution in [3.8, 4) is 5.75 Å². The zero-order chi connectivity index (χ0) is 23.1. The standard InChI is InChI=1S/C26H38N4O3/c1-26(32,24-8-12-28(13-9-24)21-23-6-10-27-11-7-23)30-16-14-29(15-17-30)20-22-2-4-25(5-3-22)33-19-18-31/h2-7,10-11,24,31-32H,8-9,12-21H2,1H3. The van der Waals surface area contributed by atoms with Crippen LogP contribution in [0.4, 0.5) is 0 Å². The van der Waals surface area contributed by atoms with Gasteiger partial charge in [0.1, 0.15) is 18.1 Å². The quantitative estimate of drug-likeness (QED) is 0.602. The number of benzene rings is 1. The van der Waals surface area contributed by atoms with Crippen LogP contribution in [-0.2, 0) is 13.1 Å². The first-order chi connectivity index (χ1) is 16.0. The summed E-state index contributed by atoms with van der Waals surface area (Å²) in [6.07, 6.45) is 5.77. The van der Waals surface area contributed by atoms with Crippen molar-refractivity contribution in [3.05, 3.63) is 59.9 Å². The Kier molecular flexibility index (Phi) is 8.33. The summed E-state index contributed by atoms with van der Waals surface area (Å²) < 4.78 is 5.44. The van der Waals surface area contributed by atoms with Crippen molar-refractivity contribution >= 4 is 0 Å². The number of hydrogen-bond acceptors (Lipinski definition) is 7. The molecule has 2 N–H and O–H groups in total. The fourth-order valence-corrected chi connectivity index (χ4v) is 5.11. The number of nitrogens with zero attached hydrogens (tertiary/aromatic N) is 4. The number of rotatable bonds is 9. The van der Waals surface area contributed by atoms with Gasteiger partial charge in [0.25, 0.3) is 0 Å². The molecule has 0 radical (unpaired) electrons. The van der Waals surface area contributed by atoms with Crippen molar-refractivity contribution in [1.29, 1.82) is 0 Å². The van der Waals surface area contributed by atoms with Crippen LogP contribution in [0.3, 0.4) is 0 Å². The average Bonchev–Trinajstić information content (AvgIpc) is 2.85. The van der Waals surface area contributed by atoms with E-state index in [1.165, 1.54) is 11.1 Å². The number of piperazine rings is 1. The molecule has 1 unspecified atom stereocenters. The van der Waals surface area contributed by atoms with Crippen molar-refractivity contribution in [1.82, 2.24) is 19.7 Å². The Hall–Kier alpha value is -2.03. The Bertz CT molecular complexity index is 830. The number of aliphatic hydroxyl groups excluding tert-OH is 1. The minimum absolute atomic E-state index is 0.0283. The molecule has 4 rings (SSSR count). The number of likely N-dealkylation sites (tertiary alicyclic amines) is 1. The van der Waals surface area contributed by atoms with Gasteiger partial charge in [-0.25, -0.2) is 0 Å². The second kappa shape index (κ2) is 11.4. The summed E-state index contributed by atoms with van der Waals surface area (Å²) in [5.74, 6) is 1.10. The highest BCUT2D eigenvalue weighted by Crippen LogP contribution is 2.32. The summed E-state index contributed by atoms with van der Waals surface area (Å²) >= 11 is 0. The molecule has 1 aromatic heterocycles. The predicted octanol–water partition coefficient (Wildman–Crippen LogP) is 2.19. The van der Waals surface area contributed by atoms with Gasteiger partial charge >= 0.3 is 0 Å². The zero-order valence-electron chi connectivity index (χ0n) is 19.8. The summed E-state index contributed by atoms with van der Waals surface area (Å²) in [5, 5.41) is 20.3. The molecule has 7 nitrogen and oxygen atoms in total. The molecule has 0 bridgehead atoms. The van der Waals surface area contributed by atoms with Gasteiger partial charge in [-0.3, -0.25) is 19.7 Å². The monoisotopic (exact) mass is 454 g/mol. The second-order valence-corrected chi connectivity index (χ2v) is 9.48. The maximum absolute atomic E-state index is 11.5. The van der Waals surface area contributed by atoms with E-state index in [1.807, 2.05) is 31.5 Å². The Morgan fingerprint density at radius 3 is 2.06 bits per heavy atom. The first-order valence-corrected chi connectivity index (χ1v) is 12.2. The number of hydrogen-bond donors (Lipinski definition) is 2. The van der Waals surface area contributed by atoms with Crippen molar-refractivity contribution in [2.45, 2.75) is 38.6 Å². The van der Waals surface area contributed by atoms with Crippen LogP contribution in [0.15, 0.2) is 48.8 Å². The van der Waals surface area contributed by atoms with E-state index in [4.69, 9.17) is 9.84 Å². The fraction of sp³-hybridized carbons (Fsp3) is 0.577. The lowest BCUT2D eigenvalue weighted by Crippen LogP contribution is -2.60. The summed E-state index contributed by atoms with van der Waals surface area (Å²) in [4.78, 5) is 11.3. The van der Waals surface area contributed by atoms with Crippen LogP contribution in [0.2, 0.25) is 0 Å². The van der Waals surface area contributed by atoms with Crippen LogP contribution in [0.25, 0.3) is 0 Å². The molecule has 0 spiro atoms. The molecular formula is C26H38N4O3. The van der Waals surface area contributed by atoms with E-state index in [1.54, 1.807) is 0 Å². The zero-order valence-corrected chi connectivity index (χ0v) is 19.8. The Balaban J connectivity index is 1.22. The fourth-order valence-electron chi connectivity index (χ4n) is 5.11. The molecule has 7 heteroatoms. The lowest BCUT2D eigenvalue weighted by molar-refractivity contribution is -0.159. The van der Waals surface area contributed by atoms with Gasteiger partial charge in [-0.15, -0.1) is 0 Å². The number of aliphatic hydroxyl groups is 2. The third kappa shape index (κ3) is 6.52. The van der Waals surface area contributed by atoms with Crippen molar-refractivity contribution in [3.63, 3.8) is 0 Å². The highest BCUT2D eigenvalue weighted by Gasteiger charge is 2.40. The van der Waals surface area contributed by atoms with Gasteiger partial charge in [0.05, 0.1) is 6.61 Å². The molecule has 0 amide bonds. The van der Waals surface area contributed by atoms with Gasteiger partial charge in [-0.1, -0.05) is 12.1 Å². The van der Waals surface area contributed by atoms with E-state index in [-0.39, 0.29) is 6.61 Å². The van der Waals surface area contributed by atoms with Crippen molar-refractivity contribution < 1.29 is 14.9 Å². The summed E-state index contributed by atoms with van der Waals surface area (Å²) in [6.45, 7) is 10.0. The van der Waals surface area contributed by atoms with E-state index in [2.05, 4.69) is 43.9 Å². The SMILES string of the molecule is CC(O)(C1CCN(Cc2ccncc2)CC1)N1CCN(Cc2ccc(OCCO)cc2)CC1. The molecule has 2 aliphatic rings. The maximum atomic E-state index is 11.5. The molecule has 2 aromatic rings. The maximum Gasteiger partial charge on any atom is 0.119 e. The van der Waals surface area contributed by atoms with E-state index in [9.17, 15) is 5.11 Å². The van der Waals surface area contributed by atoms with Crippen LogP contribution >= 0.6 is 0 Å². The molecule has 2 saturated heterocycles. The van der Waals surface area contributed by atoms with Crippen LogP contribution in [-0.4, -0.2) is 88.1 Å². The molecule has 180 valence electrons. The largest absolute Gasteiger partial charge is 0.491 e. The lowest BCUT2D eigenvalue weighted by Gasteiger charge is -2.48. The van der Waals surface area contributed by atoms with Gasteiger partial charge < -0.3 is 14.9 Å². The average molecular weight is 455 g/mol. The van der Waals surface area contributed by atoms with Crippen LogP contribution in [0, 0.1) is 5.92 Å². The molecule has 33 heavy (non-hydrogen) atoms. The first kappa shape index (κ1) is 24.1. The highest BCUT2D eigenvalue weighted by atomic mass is 16.5. The highest BCUT2D eigenvalue weighted by molar-refractivity contribution is 5.27. The molecule has 0 aliphatic carbocycles. The molecule has 3 heterocycles. The minimum Gasteiger partial charge on any atom is -0.491 e. The second-order valence-electron chi connectivity index (χ2n) is 9.48. The summed E-state index contributed by atoms with van der Waals surface area (Å²) in [6, 6.07) is 12.3. The van der Waals surface area contributed by atoms with Crippen LogP contribution in [0.5, 0.6) is 5.75 Å². The molecule has 1 aromatic carbocycles. The first-order valence-electron chi connectivity index (χ1n) is 12.2. The lowest BCUT2D eigenvalue weighted by atomic mass is 9.85. The number of ether oxygens (including phenoxy) is 1. The Morgan fingerprint density at radius 1 is 0.879 bits per heavy atom. The Morgan fingerprint density at radius 2 is 1.45 bits per heavy atom.